The maximum absolute atomic E-state index is 5.91. The number of ether oxygens (including phenoxy) is 1. The summed E-state index contributed by atoms with van der Waals surface area (Å²) in [5.41, 5.74) is 1.34. The Labute approximate surface area is 120 Å². The summed E-state index contributed by atoms with van der Waals surface area (Å²) in [7, 11) is 0. The maximum Gasteiger partial charge on any atom is 0.0757 e. The van der Waals surface area contributed by atoms with Gasteiger partial charge >= 0.3 is 0 Å². The van der Waals surface area contributed by atoms with Crippen molar-refractivity contribution in [1.82, 2.24) is 5.32 Å². The molecule has 1 saturated heterocycles. The highest BCUT2D eigenvalue weighted by molar-refractivity contribution is 6.30. The molecule has 3 atom stereocenters. The molecule has 3 rings (SSSR count). The Morgan fingerprint density at radius 1 is 1.26 bits per heavy atom. The number of hydrogen-bond donors (Lipinski definition) is 1. The predicted octanol–water partition coefficient (Wildman–Crippen LogP) is 3.43. The quantitative estimate of drug-likeness (QED) is 0.892. The van der Waals surface area contributed by atoms with E-state index in [0.29, 0.717) is 18.2 Å². The zero-order chi connectivity index (χ0) is 13.2. The van der Waals surface area contributed by atoms with E-state index in [0.717, 1.165) is 30.4 Å². The van der Waals surface area contributed by atoms with Gasteiger partial charge in [-0.3, -0.25) is 0 Å². The molecule has 19 heavy (non-hydrogen) atoms. The molecule has 0 spiro atoms. The maximum atomic E-state index is 5.91. The fourth-order valence-electron chi connectivity index (χ4n) is 3.08. The Hall–Kier alpha value is -0.570. The first kappa shape index (κ1) is 13.4. The van der Waals surface area contributed by atoms with Gasteiger partial charge in [0.15, 0.2) is 0 Å². The number of hydrogen-bond acceptors (Lipinski definition) is 2. The Balaban J connectivity index is 1.52. The molecule has 0 bridgehead atoms. The predicted molar refractivity (Wildman–Crippen MR) is 78.6 cm³/mol. The van der Waals surface area contributed by atoms with Crippen LogP contribution in [0.5, 0.6) is 0 Å². The Morgan fingerprint density at radius 3 is 2.68 bits per heavy atom. The van der Waals surface area contributed by atoms with E-state index in [1.165, 1.54) is 18.4 Å². The van der Waals surface area contributed by atoms with Crippen molar-refractivity contribution < 1.29 is 4.74 Å². The summed E-state index contributed by atoms with van der Waals surface area (Å²) in [5.74, 6) is 0.822. The highest BCUT2D eigenvalue weighted by Crippen LogP contribution is 2.38. The molecule has 0 amide bonds. The molecule has 1 N–H and O–H groups in total. The Morgan fingerprint density at radius 2 is 2.00 bits per heavy atom. The highest BCUT2D eigenvalue weighted by Gasteiger charge is 2.40. The third-order valence-electron chi connectivity index (χ3n) is 4.18. The van der Waals surface area contributed by atoms with Gasteiger partial charge in [-0.15, -0.1) is 0 Å². The van der Waals surface area contributed by atoms with Gasteiger partial charge in [-0.2, -0.15) is 0 Å². The smallest absolute Gasteiger partial charge is 0.0757 e. The van der Waals surface area contributed by atoms with E-state index in [1.807, 2.05) is 12.1 Å². The van der Waals surface area contributed by atoms with Crippen LogP contribution in [-0.4, -0.2) is 24.8 Å². The molecule has 1 aliphatic carbocycles. The number of halogens is 1. The van der Waals surface area contributed by atoms with Gasteiger partial charge in [-0.1, -0.05) is 23.7 Å². The minimum Gasteiger partial charge on any atom is -0.376 e. The Bertz CT molecular complexity index is 415. The van der Waals surface area contributed by atoms with Crippen LogP contribution in [0, 0.1) is 5.92 Å². The van der Waals surface area contributed by atoms with E-state index in [-0.39, 0.29) is 0 Å². The summed E-state index contributed by atoms with van der Waals surface area (Å²) >= 11 is 5.91. The second kappa shape index (κ2) is 5.82. The number of rotatable bonds is 5. The van der Waals surface area contributed by atoms with Gasteiger partial charge < -0.3 is 10.1 Å². The molecule has 1 aliphatic heterocycles. The normalized spacial score (nSPS) is 28.5. The first-order valence-corrected chi connectivity index (χ1v) is 7.72. The van der Waals surface area contributed by atoms with Crippen molar-refractivity contribution in [3.63, 3.8) is 0 Å². The van der Waals surface area contributed by atoms with Gasteiger partial charge in [0, 0.05) is 23.7 Å². The summed E-state index contributed by atoms with van der Waals surface area (Å²) in [5, 5.41) is 4.56. The average molecular weight is 280 g/mol. The summed E-state index contributed by atoms with van der Waals surface area (Å²) in [6.45, 7) is 3.18. The van der Waals surface area contributed by atoms with Crippen molar-refractivity contribution >= 4 is 11.6 Å². The number of nitrogens with one attached hydrogen (secondary N) is 1. The summed E-state index contributed by atoms with van der Waals surface area (Å²) in [4.78, 5) is 0. The van der Waals surface area contributed by atoms with Crippen LogP contribution in [0.2, 0.25) is 5.02 Å². The molecule has 104 valence electrons. The van der Waals surface area contributed by atoms with Gasteiger partial charge in [-0.05, 0) is 56.2 Å². The summed E-state index contributed by atoms with van der Waals surface area (Å²) < 4.78 is 5.88. The van der Waals surface area contributed by atoms with Gasteiger partial charge in [0.1, 0.15) is 0 Å². The fourth-order valence-corrected chi connectivity index (χ4v) is 3.20. The first-order chi connectivity index (χ1) is 9.22. The molecular weight excluding hydrogens is 258 g/mol. The van der Waals surface area contributed by atoms with Gasteiger partial charge in [0.25, 0.3) is 0 Å². The van der Waals surface area contributed by atoms with Crippen LogP contribution in [0.15, 0.2) is 24.3 Å². The molecule has 3 heteroatoms. The lowest BCUT2D eigenvalue weighted by Gasteiger charge is -2.24. The zero-order valence-electron chi connectivity index (χ0n) is 11.4. The van der Waals surface area contributed by atoms with Crippen molar-refractivity contribution in [2.75, 3.05) is 6.61 Å². The SMILES string of the molecule is CC(Cc1ccc(Cl)cc1)NC1CCOC1C1CC1. The van der Waals surface area contributed by atoms with Crippen LogP contribution >= 0.6 is 11.6 Å². The van der Waals surface area contributed by atoms with Crippen LogP contribution in [-0.2, 0) is 11.2 Å². The van der Waals surface area contributed by atoms with Crippen molar-refractivity contribution in [2.45, 2.75) is 50.8 Å². The molecule has 1 heterocycles. The van der Waals surface area contributed by atoms with Gasteiger partial charge in [0.05, 0.1) is 6.10 Å². The lowest BCUT2D eigenvalue weighted by atomic mass is 10.0. The molecule has 2 nitrogen and oxygen atoms in total. The standard InChI is InChI=1S/C16H22ClNO/c1-11(10-12-2-6-14(17)7-3-12)18-15-8-9-19-16(15)13-4-5-13/h2-3,6-7,11,13,15-16,18H,4-5,8-10H2,1H3. The first-order valence-electron chi connectivity index (χ1n) is 7.34. The van der Waals surface area contributed by atoms with E-state index in [1.54, 1.807) is 0 Å². The third-order valence-corrected chi connectivity index (χ3v) is 4.43. The fraction of sp³-hybridized carbons (Fsp3) is 0.625. The van der Waals surface area contributed by atoms with E-state index in [4.69, 9.17) is 16.3 Å². The monoisotopic (exact) mass is 279 g/mol. The van der Waals surface area contributed by atoms with E-state index in [9.17, 15) is 0 Å². The lowest BCUT2D eigenvalue weighted by Crippen LogP contribution is -2.43. The molecule has 3 unspecified atom stereocenters. The molecular formula is C16H22ClNO. The van der Waals surface area contributed by atoms with Gasteiger partial charge in [0.2, 0.25) is 0 Å². The molecule has 0 radical (unpaired) electrons. The lowest BCUT2D eigenvalue weighted by molar-refractivity contribution is 0.0793. The topological polar surface area (TPSA) is 21.3 Å². The van der Waals surface area contributed by atoms with Crippen LogP contribution in [0.3, 0.4) is 0 Å². The molecule has 1 aromatic rings. The third kappa shape index (κ3) is 3.50. The van der Waals surface area contributed by atoms with Crippen molar-refractivity contribution in [2.24, 2.45) is 5.92 Å². The largest absolute Gasteiger partial charge is 0.376 e. The Kier molecular flexibility index (Phi) is 4.11. The van der Waals surface area contributed by atoms with Crippen molar-refractivity contribution in [3.05, 3.63) is 34.9 Å². The van der Waals surface area contributed by atoms with Crippen LogP contribution in [0.25, 0.3) is 0 Å². The van der Waals surface area contributed by atoms with Gasteiger partial charge in [-0.25, -0.2) is 0 Å². The van der Waals surface area contributed by atoms with Crippen LogP contribution in [0.4, 0.5) is 0 Å². The minimum absolute atomic E-state index is 0.465. The molecule has 1 aromatic carbocycles. The molecule has 2 fully saturated rings. The second-order valence-corrected chi connectivity index (χ2v) is 6.40. The summed E-state index contributed by atoms with van der Waals surface area (Å²) in [6.07, 6.45) is 5.38. The average Bonchev–Trinajstić information content (AvgIpc) is 3.13. The highest BCUT2D eigenvalue weighted by atomic mass is 35.5. The van der Waals surface area contributed by atoms with Crippen LogP contribution in [0.1, 0.15) is 31.7 Å². The molecule has 2 aliphatic rings. The zero-order valence-corrected chi connectivity index (χ0v) is 12.2. The molecule has 0 aromatic heterocycles. The summed E-state index contributed by atoms with van der Waals surface area (Å²) in [6, 6.07) is 9.20. The minimum atomic E-state index is 0.465. The van der Waals surface area contributed by atoms with E-state index in [2.05, 4.69) is 24.4 Å². The number of benzene rings is 1. The second-order valence-electron chi connectivity index (χ2n) is 5.97. The van der Waals surface area contributed by atoms with Crippen LogP contribution < -0.4 is 5.32 Å². The van der Waals surface area contributed by atoms with E-state index >= 15 is 0 Å². The van der Waals surface area contributed by atoms with Crippen molar-refractivity contribution in [1.29, 1.82) is 0 Å². The van der Waals surface area contributed by atoms with Crippen molar-refractivity contribution in [3.8, 4) is 0 Å². The van der Waals surface area contributed by atoms with E-state index < -0.39 is 0 Å². The molecule has 1 saturated carbocycles.